The maximum absolute atomic E-state index is 5.90. The van der Waals surface area contributed by atoms with Crippen LogP contribution in [0.25, 0.3) is 0 Å². The lowest BCUT2D eigenvalue weighted by molar-refractivity contribution is 0.155. The number of fused-ring (bicyclic) bond motifs is 2. The number of aromatic nitrogens is 2. The van der Waals surface area contributed by atoms with Gasteiger partial charge < -0.3 is 5.32 Å². The van der Waals surface area contributed by atoms with E-state index in [1.165, 1.54) is 19.3 Å². The van der Waals surface area contributed by atoms with E-state index in [2.05, 4.69) is 36.1 Å². The quantitative estimate of drug-likeness (QED) is 0.885. The fraction of sp³-hybridized carbons (Fsp3) is 0.714. The minimum Gasteiger partial charge on any atom is -0.365 e. The summed E-state index contributed by atoms with van der Waals surface area (Å²) in [5, 5.41) is 4.04. The Balaban J connectivity index is 1.88. The van der Waals surface area contributed by atoms with Crippen molar-refractivity contribution in [1.29, 1.82) is 0 Å². The van der Waals surface area contributed by atoms with Crippen molar-refractivity contribution in [3.63, 3.8) is 0 Å². The van der Waals surface area contributed by atoms with Gasteiger partial charge in [0, 0.05) is 6.04 Å². The Morgan fingerprint density at radius 3 is 2.72 bits per heavy atom. The number of nitrogens with zero attached hydrogens (tertiary/aromatic N) is 2. The molecule has 3 nitrogen and oxygen atoms in total. The standard InChI is InChI=1S/C14H20ClN3/c1-13(2)9-4-5-14(3,6-9)12(13)18-11-8-16-7-10(15)17-11/h7-9,12H,4-6H2,1-3H3,(H,17,18). The van der Waals surface area contributed by atoms with Crippen LogP contribution in [-0.4, -0.2) is 16.0 Å². The fourth-order valence-corrected chi connectivity index (χ4v) is 4.37. The first kappa shape index (κ1) is 12.2. The number of anilines is 1. The number of halogens is 1. The molecule has 2 saturated carbocycles. The van der Waals surface area contributed by atoms with E-state index in [1.807, 2.05) is 0 Å². The SMILES string of the molecule is CC12CCC(C1)C(C)(C)C2Nc1cncc(Cl)n1. The van der Waals surface area contributed by atoms with Gasteiger partial charge >= 0.3 is 0 Å². The summed E-state index contributed by atoms with van der Waals surface area (Å²) in [6.07, 6.45) is 7.33. The minimum atomic E-state index is 0.316. The molecule has 0 aliphatic heterocycles. The number of hydrogen-bond donors (Lipinski definition) is 1. The molecule has 2 bridgehead atoms. The molecule has 0 amide bonds. The van der Waals surface area contributed by atoms with Crippen LogP contribution in [0.3, 0.4) is 0 Å². The van der Waals surface area contributed by atoms with E-state index in [-0.39, 0.29) is 0 Å². The predicted molar refractivity (Wildman–Crippen MR) is 73.7 cm³/mol. The highest BCUT2D eigenvalue weighted by atomic mass is 35.5. The first-order valence-corrected chi connectivity index (χ1v) is 7.04. The second-order valence-electron chi connectivity index (χ2n) is 6.72. The first-order chi connectivity index (χ1) is 8.42. The van der Waals surface area contributed by atoms with Crippen molar-refractivity contribution >= 4 is 17.4 Å². The molecule has 0 aromatic carbocycles. The van der Waals surface area contributed by atoms with Gasteiger partial charge in [-0.05, 0) is 36.0 Å². The molecule has 4 heteroatoms. The van der Waals surface area contributed by atoms with Crippen molar-refractivity contribution in [1.82, 2.24) is 9.97 Å². The maximum Gasteiger partial charge on any atom is 0.149 e. The molecule has 0 radical (unpaired) electrons. The monoisotopic (exact) mass is 265 g/mol. The zero-order valence-electron chi connectivity index (χ0n) is 11.2. The Morgan fingerprint density at radius 2 is 2.11 bits per heavy atom. The van der Waals surface area contributed by atoms with Gasteiger partial charge in [0.05, 0.1) is 12.4 Å². The first-order valence-electron chi connectivity index (χ1n) is 6.66. The molecule has 1 heterocycles. The Hall–Kier alpha value is -0.830. The molecule has 1 aromatic rings. The molecule has 2 fully saturated rings. The van der Waals surface area contributed by atoms with E-state index in [0.717, 1.165) is 11.7 Å². The molecule has 0 saturated heterocycles. The van der Waals surface area contributed by atoms with Gasteiger partial charge in [0.15, 0.2) is 0 Å². The lowest BCUT2D eigenvalue weighted by Gasteiger charge is -2.43. The van der Waals surface area contributed by atoms with Crippen molar-refractivity contribution in [2.24, 2.45) is 16.7 Å². The van der Waals surface area contributed by atoms with Crippen molar-refractivity contribution in [3.05, 3.63) is 17.5 Å². The van der Waals surface area contributed by atoms with Crippen LogP contribution < -0.4 is 5.32 Å². The second-order valence-corrected chi connectivity index (χ2v) is 7.11. The summed E-state index contributed by atoms with van der Waals surface area (Å²) < 4.78 is 0. The molecule has 0 spiro atoms. The van der Waals surface area contributed by atoms with Gasteiger partial charge in [-0.3, -0.25) is 4.98 Å². The third-order valence-corrected chi connectivity index (χ3v) is 5.35. The summed E-state index contributed by atoms with van der Waals surface area (Å²) in [4.78, 5) is 8.41. The Kier molecular flexibility index (Phi) is 2.60. The molecular weight excluding hydrogens is 246 g/mol. The smallest absolute Gasteiger partial charge is 0.149 e. The third kappa shape index (κ3) is 1.71. The topological polar surface area (TPSA) is 37.8 Å². The molecule has 3 atom stereocenters. The Bertz CT molecular complexity index is 469. The maximum atomic E-state index is 5.90. The number of nitrogens with one attached hydrogen (secondary N) is 1. The van der Waals surface area contributed by atoms with Gasteiger partial charge in [0.2, 0.25) is 0 Å². The van der Waals surface area contributed by atoms with E-state index < -0.39 is 0 Å². The molecule has 2 aliphatic carbocycles. The van der Waals surface area contributed by atoms with Gasteiger partial charge in [-0.1, -0.05) is 32.4 Å². The van der Waals surface area contributed by atoms with E-state index in [9.17, 15) is 0 Å². The van der Waals surface area contributed by atoms with Gasteiger partial charge in [0.25, 0.3) is 0 Å². The van der Waals surface area contributed by atoms with E-state index in [0.29, 0.717) is 22.0 Å². The van der Waals surface area contributed by atoms with Crippen LogP contribution in [0.15, 0.2) is 12.4 Å². The number of hydrogen-bond acceptors (Lipinski definition) is 3. The molecule has 3 unspecified atom stereocenters. The molecule has 98 valence electrons. The highest BCUT2D eigenvalue weighted by Crippen LogP contribution is 2.62. The summed E-state index contributed by atoms with van der Waals surface area (Å²) in [6.45, 7) is 7.15. The zero-order valence-corrected chi connectivity index (χ0v) is 12.0. The predicted octanol–water partition coefficient (Wildman–Crippen LogP) is 3.76. The lowest BCUT2D eigenvalue weighted by atomic mass is 9.68. The summed E-state index contributed by atoms with van der Waals surface area (Å²) in [5.74, 6) is 1.63. The van der Waals surface area contributed by atoms with Gasteiger partial charge in [-0.2, -0.15) is 0 Å². The van der Waals surface area contributed by atoms with Gasteiger partial charge in [-0.15, -0.1) is 0 Å². The van der Waals surface area contributed by atoms with E-state index in [4.69, 9.17) is 11.6 Å². The van der Waals surface area contributed by atoms with Crippen LogP contribution in [-0.2, 0) is 0 Å². The van der Waals surface area contributed by atoms with Gasteiger partial charge in [0.1, 0.15) is 11.0 Å². The normalized spacial score (nSPS) is 36.9. The molecule has 3 rings (SSSR count). The molecule has 18 heavy (non-hydrogen) atoms. The summed E-state index contributed by atoms with van der Waals surface area (Å²) in [6, 6.07) is 0.455. The molecule has 1 aromatic heterocycles. The van der Waals surface area contributed by atoms with Crippen LogP contribution >= 0.6 is 11.6 Å². The van der Waals surface area contributed by atoms with Crippen molar-refractivity contribution in [2.75, 3.05) is 5.32 Å². The van der Waals surface area contributed by atoms with Crippen LogP contribution in [0.4, 0.5) is 5.82 Å². The summed E-state index contributed by atoms with van der Waals surface area (Å²) in [7, 11) is 0. The van der Waals surface area contributed by atoms with Crippen molar-refractivity contribution < 1.29 is 0 Å². The Labute approximate surface area is 113 Å². The fourth-order valence-electron chi connectivity index (χ4n) is 4.22. The van der Waals surface area contributed by atoms with Crippen LogP contribution in [0, 0.1) is 16.7 Å². The summed E-state index contributed by atoms with van der Waals surface area (Å²) >= 11 is 5.90. The second kappa shape index (κ2) is 3.83. The highest BCUT2D eigenvalue weighted by molar-refractivity contribution is 6.29. The Morgan fingerprint density at radius 1 is 1.33 bits per heavy atom. The van der Waals surface area contributed by atoms with Gasteiger partial charge in [-0.25, -0.2) is 4.98 Å². The van der Waals surface area contributed by atoms with Crippen molar-refractivity contribution in [3.8, 4) is 0 Å². The largest absolute Gasteiger partial charge is 0.365 e. The minimum absolute atomic E-state index is 0.316. The zero-order chi connectivity index (χ0) is 13.0. The molecule has 2 aliphatic rings. The van der Waals surface area contributed by atoms with E-state index in [1.54, 1.807) is 12.4 Å². The molecular formula is C14H20ClN3. The number of rotatable bonds is 2. The van der Waals surface area contributed by atoms with Crippen molar-refractivity contribution in [2.45, 2.75) is 46.1 Å². The third-order valence-electron chi connectivity index (χ3n) is 5.17. The average Bonchev–Trinajstić information content (AvgIpc) is 2.76. The van der Waals surface area contributed by atoms with E-state index >= 15 is 0 Å². The summed E-state index contributed by atoms with van der Waals surface area (Å²) in [5.41, 5.74) is 0.704. The average molecular weight is 266 g/mol. The van der Waals surface area contributed by atoms with Crippen LogP contribution in [0.2, 0.25) is 5.15 Å². The highest BCUT2D eigenvalue weighted by Gasteiger charge is 2.59. The molecule has 1 N–H and O–H groups in total. The van der Waals surface area contributed by atoms with Crippen LogP contribution in [0.5, 0.6) is 0 Å². The van der Waals surface area contributed by atoms with Crippen LogP contribution in [0.1, 0.15) is 40.0 Å². The lowest BCUT2D eigenvalue weighted by Crippen LogP contribution is -2.46.